The van der Waals surface area contributed by atoms with E-state index in [1.54, 1.807) is 50.5 Å². The molecule has 2 aromatic rings. The van der Waals surface area contributed by atoms with Crippen LogP contribution in [0.5, 0.6) is 5.75 Å². The number of carbonyl (C=O) groups is 4. The van der Waals surface area contributed by atoms with Crippen molar-refractivity contribution in [1.82, 2.24) is 25.5 Å². The van der Waals surface area contributed by atoms with Crippen LogP contribution in [-0.4, -0.2) is 102 Å². The van der Waals surface area contributed by atoms with Gasteiger partial charge in [-0.05, 0) is 57.6 Å². The maximum Gasteiger partial charge on any atom is 0.242 e. The Balaban J connectivity index is 1.98. The monoisotopic (exact) mass is 569 g/mol. The first-order valence-electron chi connectivity index (χ1n) is 13.4. The fraction of sp³-hybridized carbons (Fsp3) is 0.448. The zero-order valence-corrected chi connectivity index (χ0v) is 24.2. The number of likely N-dealkylation sites (N-methyl/N-ethyl adjacent to an activating group) is 2. The van der Waals surface area contributed by atoms with Crippen molar-refractivity contribution in [3.8, 4) is 5.75 Å². The maximum atomic E-state index is 13.2. The minimum Gasteiger partial charge on any atom is -0.756 e. The van der Waals surface area contributed by atoms with Gasteiger partial charge in [-0.15, -0.1) is 0 Å². The van der Waals surface area contributed by atoms with Crippen molar-refractivity contribution in [3.05, 3.63) is 70.9 Å². The number of phenolic OH excluding ortho intramolecular Hbond substituents is 1. The highest BCUT2D eigenvalue weighted by Crippen LogP contribution is 2.13. The summed E-state index contributed by atoms with van der Waals surface area (Å²) in [5, 5.41) is 27.5. The highest BCUT2D eigenvalue weighted by Gasteiger charge is 2.29. The van der Waals surface area contributed by atoms with Crippen LogP contribution in [0.2, 0.25) is 0 Å². The number of aromatic hydroxyl groups is 1. The molecule has 0 spiro atoms. The number of nitrogens with two attached hydrogens (primary N) is 1. The van der Waals surface area contributed by atoms with Crippen molar-refractivity contribution in [1.29, 1.82) is 0 Å². The summed E-state index contributed by atoms with van der Waals surface area (Å²) < 4.78 is 0. The van der Waals surface area contributed by atoms with Crippen molar-refractivity contribution in [2.24, 2.45) is 5.73 Å². The molecular weight excluding hydrogens is 528 g/mol. The van der Waals surface area contributed by atoms with Gasteiger partial charge in [0.1, 0.15) is 17.8 Å². The Labute approximate surface area is 241 Å². The van der Waals surface area contributed by atoms with E-state index in [1.807, 2.05) is 17.9 Å². The van der Waals surface area contributed by atoms with Crippen LogP contribution in [0.25, 0.3) is 0 Å². The van der Waals surface area contributed by atoms with Gasteiger partial charge in [0.25, 0.3) is 0 Å². The van der Waals surface area contributed by atoms with Crippen LogP contribution < -0.4 is 16.4 Å². The number of hydroxylamine groups is 2. The lowest BCUT2D eigenvalue weighted by molar-refractivity contribution is -0.143. The minimum absolute atomic E-state index is 0.0675. The molecule has 0 radical (unpaired) electrons. The third kappa shape index (κ3) is 10.5. The lowest BCUT2D eigenvalue weighted by atomic mass is 10.0. The van der Waals surface area contributed by atoms with E-state index in [1.165, 1.54) is 26.1 Å². The van der Waals surface area contributed by atoms with Gasteiger partial charge in [0.2, 0.25) is 23.6 Å². The van der Waals surface area contributed by atoms with Crippen LogP contribution in [0.3, 0.4) is 0 Å². The number of hydrogen-bond donors (Lipinski definition) is 4. The first kappa shape index (κ1) is 33.2. The summed E-state index contributed by atoms with van der Waals surface area (Å²) in [6.45, 7) is 2.76. The number of rotatable bonds is 14. The second kappa shape index (κ2) is 15.7. The zero-order chi connectivity index (χ0) is 30.7. The van der Waals surface area contributed by atoms with Gasteiger partial charge in [0.15, 0.2) is 0 Å². The Hall–Kier alpha value is -4.00. The third-order valence-corrected chi connectivity index (χ3v) is 6.87. The predicted octanol–water partition coefficient (Wildman–Crippen LogP) is 0.229. The number of benzene rings is 2. The number of phenols is 1. The molecule has 224 valence electrons. The average Bonchev–Trinajstić information content (AvgIpc) is 2.95. The highest BCUT2D eigenvalue weighted by molar-refractivity contribution is 5.93. The third-order valence-electron chi connectivity index (χ3n) is 6.87. The number of amides is 4. The molecule has 12 heteroatoms. The fourth-order valence-electron chi connectivity index (χ4n) is 3.87. The minimum atomic E-state index is -1.08. The van der Waals surface area contributed by atoms with Gasteiger partial charge >= 0.3 is 0 Å². The van der Waals surface area contributed by atoms with E-state index in [9.17, 15) is 29.5 Å². The molecule has 1 unspecified atom stereocenters. The van der Waals surface area contributed by atoms with E-state index >= 15 is 0 Å². The molecule has 0 saturated carbocycles. The number of hydrogen-bond acceptors (Lipinski definition) is 8. The number of nitrogens with zero attached hydrogens (tertiary/aromatic N) is 3. The van der Waals surface area contributed by atoms with Crippen molar-refractivity contribution >= 4 is 23.6 Å². The van der Waals surface area contributed by atoms with E-state index in [-0.39, 0.29) is 31.2 Å². The van der Waals surface area contributed by atoms with Gasteiger partial charge in [-0.1, -0.05) is 42.5 Å². The molecule has 0 fully saturated rings. The summed E-state index contributed by atoms with van der Waals surface area (Å²) in [7, 11) is 5.02. The van der Waals surface area contributed by atoms with Crippen molar-refractivity contribution in [2.45, 2.75) is 50.9 Å². The largest absolute Gasteiger partial charge is 0.756 e. The molecule has 2 aromatic carbocycles. The summed E-state index contributed by atoms with van der Waals surface area (Å²) >= 11 is 0. The van der Waals surface area contributed by atoms with E-state index in [2.05, 4.69) is 10.6 Å². The van der Waals surface area contributed by atoms with Crippen molar-refractivity contribution in [2.75, 3.05) is 34.2 Å². The fourth-order valence-corrected chi connectivity index (χ4v) is 3.87. The smallest absolute Gasteiger partial charge is 0.242 e. The standard InChI is InChI=1S/C29H41N6O6/c1-19(33(3)4)18-35(41)29(40)25(16-21-9-7-6-8-10-21)34(5)26(37)17-31-27(38)20(2)32-28(39)24(30)15-22-11-13-23(36)14-12-22/h6-14,19-20,24-25,36H,15-18,30H2,1-5H3,(H,31,38)(H,32,39)/q-1/t19?,20-,24+,25+/m1/s1. The second-order valence-electron chi connectivity index (χ2n) is 10.3. The Morgan fingerprint density at radius 2 is 1.49 bits per heavy atom. The molecule has 0 aliphatic heterocycles. The summed E-state index contributed by atoms with van der Waals surface area (Å²) in [5.41, 5.74) is 7.47. The van der Waals surface area contributed by atoms with E-state index in [0.29, 0.717) is 5.06 Å². The summed E-state index contributed by atoms with van der Waals surface area (Å²) in [6.07, 6.45) is 0.320. The second-order valence-corrected chi connectivity index (χ2v) is 10.3. The van der Waals surface area contributed by atoms with E-state index in [4.69, 9.17) is 5.73 Å². The van der Waals surface area contributed by atoms with Gasteiger partial charge in [-0.2, -0.15) is 0 Å². The topological polar surface area (TPSA) is 171 Å². The molecule has 0 aromatic heterocycles. The van der Waals surface area contributed by atoms with Crippen LogP contribution in [0.1, 0.15) is 25.0 Å². The van der Waals surface area contributed by atoms with Gasteiger partial charge in [-0.3, -0.25) is 19.2 Å². The molecule has 0 saturated heterocycles. The molecule has 2 rings (SSSR count). The number of nitrogens with one attached hydrogen (secondary N) is 2. The summed E-state index contributed by atoms with van der Waals surface area (Å²) in [4.78, 5) is 54.3. The van der Waals surface area contributed by atoms with E-state index < -0.39 is 48.3 Å². The van der Waals surface area contributed by atoms with E-state index in [0.717, 1.165) is 16.0 Å². The molecule has 0 heterocycles. The normalized spacial score (nSPS) is 14.0. The summed E-state index contributed by atoms with van der Waals surface area (Å²) in [6, 6.07) is 12.1. The molecule has 4 atom stereocenters. The SMILES string of the molecule is CC(CN([O-])C(=O)[C@H](Cc1ccccc1)N(C)C(=O)CNC(=O)[C@@H](C)NC(=O)[C@@H](N)Cc1ccc(O)cc1)N(C)C. The predicted molar refractivity (Wildman–Crippen MR) is 155 cm³/mol. The molecule has 0 aliphatic carbocycles. The maximum absolute atomic E-state index is 13.2. The number of carbonyl (C=O) groups excluding carboxylic acids is 4. The van der Waals surface area contributed by atoms with Crippen LogP contribution in [0, 0.1) is 5.21 Å². The lowest BCUT2D eigenvalue weighted by Crippen LogP contribution is -2.54. The lowest BCUT2D eigenvalue weighted by Gasteiger charge is -2.38. The molecule has 0 bridgehead atoms. The van der Waals surface area contributed by atoms with Gasteiger partial charge in [0.05, 0.1) is 12.6 Å². The van der Waals surface area contributed by atoms with Gasteiger partial charge in [-0.25, -0.2) is 0 Å². The highest BCUT2D eigenvalue weighted by atomic mass is 16.5. The molecular formula is C29H41N6O6-. The first-order chi connectivity index (χ1) is 19.3. The molecule has 5 N–H and O–H groups in total. The average molecular weight is 570 g/mol. The Morgan fingerprint density at radius 3 is 2.07 bits per heavy atom. The molecule has 41 heavy (non-hydrogen) atoms. The van der Waals surface area contributed by atoms with Crippen LogP contribution in [-0.2, 0) is 32.0 Å². The van der Waals surface area contributed by atoms with Crippen molar-refractivity contribution in [3.63, 3.8) is 0 Å². The van der Waals surface area contributed by atoms with Crippen LogP contribution in [0.15, 0.2) is 54.6 Å². The molecule has 0 aliphatic rings. The van der Waals surface area contributed by atoms with Gasteiger partial charge < -0.3 is 41.5 Å². The Morgan fingerprint density at radius 1 is 0.902 bits per heavy atom. The van der Waals surface area contributed by atoms with Crippen LogP contribution >= 0.6 is 0 Å². The van der Waals surface area contributed by atoms with Crippen molar-refractivity contribution < 1.29 is 24.3 Å². The Kier molecular flexibility index (Phi) is 12.7. The van der Waals surface area contributed by atoms with Gasteiger partial charge in [0, 0.05) is 26.1 Å². The quantitative estimate of drug-likeness (QED) is 0.234. The molecule has 12 nitrogen and oxygen atoms in total. The Bertz CT molecular complexity index is 1160. The summed E-state index contributed by atoms with van der Waals surface area (Å²) in [5.74, 6) is -2.41. The van der Waals surface area contributed by atoms with Crippen LogP contribution in [0.4, 0.5) is 0 Å². The zero-order valence-electron chi connectivity index (χ0n) is 24.2. The molecule has 4 amide bonds. The first-order valence-corrected chi connectivity index (χ1v) is 13.4.